The molecule has 5 heteroatoms. The minimum absolute atomic E-state index is 0.0551. The van der Waals surface area contributed by atoms with E-state index in [-0.39, 0.29) is 41.4 Å². The van der Waals surface area contributed by atoms with Crippen molar-refractivity contribution in [2.24, 2.45) is 35.5 Å². The van der Waals surface area contributed by atoms with Gasteiger partial charge in [0.25, 0.3) is 0 Å². The van der Waals surface area contributed by atoms with Crippen LogP contribution in [-0.4, -0.2) is 46.7 Å². The van der Waals surface area contributed by atoms with Gasteiger partial charge in [0.15, 0.2) is 0 Å². The highest BCUT2D eigenvalue weighted by Gasteiger charge is 2.67. The summed E-state index contributed by atoms with van der Waals surface area (Å²) < 4.78 is 0. The molecule has 2 saturated carbocycles. The third kappa shape index (κ3) is 1.78. The summed E-state index contributed by atoms with van der Waals surface area (Å²) in [7, 11) is 0. The number of rotatable bonds is 2. The van der Waals surface area contributed by atoms with Crippen LogP contribution in [0.15, 0.2) is 12.2 Å². The summed E-state index contributed by atoms with van der Waals surface area (Å²) in [6.07, 6.45) is 8.70. The smallest absolute Gasteiger partial charge is 0.245 e. The second-order valence-corrected chi connectivity index (χ2v) is 8.26. The summed E-state index contributed by atoms with van der Waals surface area (Å²) in [4.78, 5) is 42.0. The molecule has 0 N–H and O–H groups in total. The first kappa shape index (κ1) is 14.7. The van der Waals surface area contributed by atoms with E-state index < -0.39 is 6.04 Å². The number of likely N-dealkylation sites (tertiary alicyclic amines) is 2. The number of carbonyl (C=O) groups is 3. The summed E-state index contributed by atoms with van der Waals surface area (Å²) in [5, 5.41) is 0. The van der Waals surface area contributed by atoms with Crippen molar-refractivity contribution in [2.75, 3.05) is 13.1 Å². The van der Waals surface area contributed by atoms with Gasteiger partial charge in [0, 0.05) is 13.1 Å². The summed E-state index contributed by atoms with van der Waals surface area (Å²) in [6.45, 7) is 3.24. The Morgan fingerprint density at radius 2 is 1.54 bits per heavy atom. The zero-order valence-corrected chi connectivity index (χ0v) is 14.1. The molecule has 5 nitrogen and oxygen atoms in total. The van der Waals surface area contributed by atoms with Crippen LogP contribution >= 0.6 is 0 Å². The maximum Gasteiger partial charge on any atom is 0.245 e. The van der Waals surface area contributed by atoms with Gasteiger partial charge in [0.05, 0.1) is 11.8 Å². The van der Waals surface area contributed by atoms with Crippen LogP contribution in [0.4, 0.5) is 0 Å². The average molecular weight is 328 g/mol. The molecule has 0 aromatic rings. The molecule has 2 aliphatic heterocycles. The summed E-state index contributed by atoms with van der Waals surface area (Å²) in [5.41, 5.74) is 0. The van der Waals surface area contributed by atoms with Crippen LogP contribution in [0.1, 0.15) is 32.6 Å². The van der Waals surface area contributed by atoms with Crippen LogP contribution in [0.2, 0.25) is 0 Å². The van der Waals surface area contributed by atoms with Crippen molar-refractivity contribution in [1.29, 1.82) is 0 Å². The number of piperidine rings is 1. The van der Waals surface area contributed by atoms with Crippen molar-refractivity contribution >= 4 is 17.7 Å². The van der Waals surface area contributed by atoms with E-state index in [0.29, 0.717) is 11.8 Å². The van der Waals surface area contributed by atoms with E-state index >= 15 is 0 Å². The minimum Gasteiger partial charge on any atom is -0.341 e. The van der Waals surface area contributed by atoms with Crippen molar-refractivity contribution in [2.45, 2.75) is 38.6 Å². The molecule has 0 aromatic carbocycles. The fourth-order valence-electron chi connectivity index (χ4n) is 5.85. The molecule has 2 heterocycles. The topological polar surface area (TPSA) is 57.7 Å². The van der Waals surface area contributed by atoms with Gasteiger partial charge in [0.1, 0.15) is 6.04 Å². The highest BCUT2D eigenvalue weighted by atomic mass is 16.2. The van der Waals surface area contributed by atoms with E-state index in [0.717, 1.165) is 38.8 Å². The molecule has 0 spiro atoms. The molecule has 6 rings (SSSR count). The molecule has 0 aromatic heterocycles. The summed E-state index contributed by atoms with van der Waals surface area (Å²) in [6, 6.07) is -0.649. The molecule has 2 saturated heterocycles. The zero-order chi connectivity index (χ0) is 16.6. The van der Waals surface area contributed by atoms with Gasteiger partial charge in [-0.2, -0.15) is 0 Å². The predicted octanol–water partition coefficient (Wildman–Crippen LogP) is 1.44. The third-order valence-electron chi connectivity index (χ3n) is 7.11. The van der Waals surface area contributed by atoms with Gasteiger partial charge in [-0.15, -0.1) is 0 Å². The van der Waals surface area contributed by atoms with Crippen LogP contribution in [0.3, 0.4) is 0 Å². The Balaban J connectivity index is 1.40. The first-order chi connectivity index (χ1) is 11.6. The van der Waals surface area contributed by atoms with Crippen LogP contribution < -0.4 is 0 Å². The Kier molecular flexibility index (Phi) is 3.01. The summed E-state index contributed by atoms with van der Waals surface area (Å²) in [5.74, 6) is 1.02. The molecule has 0 unspecified atom stereocenters. The van der Waals surface area contributed by atoms with Gasteiger partial charge in [-0.1, -0.05) is 12.2 Å². The van der Waals surface area contributed by atoms with Crippen LogP contribution in [0.5, 0.6) is 0 Å². The summed E-state index contributed by atoms with van der Waals surface area (Å²) >= 11 is 0. The Morgan fingerprint density at radius 1 is 1.00 bits per heavy atom. The Labute approximate surface area is 142 Å². The number of hydrogen-bond donors (Lipinski definition) is 0. The average Bonchev–Trinajstić information content (AvgIpc) is 3.39. The molecule has 128 valence electrons. The molecule has 2 bridgehead atoms. The van der Waals surface area contributed by atoms with Crippen molar-refractivity contribution in [1.82, 2.24) is 9.80 Å². The SMILES string of the molecule is C[C@H](C(=O)N1CCCCC1)N1C(=O)[C@H]2[C@@H]3C=C[C@H]([C@@H]4C[C@H]34)[C@@H]2C1=O. The van der Waals surface area contributed by atoms with Gasteiger partial charge in [-0.05, 0) is 56.3 Å². The fraction of sp³-hybridized carbons (Fsp3) is 0.737. The zero-order valence-electron chi connectivity index (χ0n) is 14.1. The second kappa shape index (κ2) is 4.93. The molecule has 4 fully saturated rings. The molecule has 7 atom stereocenters. The monoisotopic (exact) mass is 328 g/mol. The Morgan fingerprint density at radius 3 is 2.08 bits per heavy atom. The van der Waals surface area contributed by atoms with E-state index in [4.69, 9.17) is 0 Å². The molecular weight excluding hydrogens is 304 g/mol. The van der Waals surface area contributed by atoms with Gasteiger partial charge in [0.2, 0.25) is 17.7 Å². The standard InChI is InChI=1S/C19H24N2O3/c1-10(17(22)20-7-3-2-4-8-20)21-18(23)15-11-5-6-12(14-9-13(11)14)16(15)19(21)24/h5-6,10-16H,2-4,7-9H2,1H3/t10-,11-,12-,13-,14+,15+,16+/m1/s1. The van der Waals surface area contributed by atoms with Gasteiger partial charge in [-0.25, -0.2) is 0 Å². The van der Waals surface area contributed by atoms with E-state index in [1.54, 1.807) is 6.92 Å². The number of allylic oxidation sites excluding steroid dienone is 2. The first-order valence-corrected chi connectivity index (χ1v) is 9.43. The lowest BCUT2D eigenvalue weighted by molar-refractivity contribution is -0.151. The fourth-order valence-corrected chi connectivity index (χ4v) is 5.85. The number of imide groups is 1. The molecule has 3 amide bonds. The maximum atomic E-state index is 13.0. The lowest BCUT2D eigenvalue weighted by atomic mass is 9.63. The predicted molar refractivity (Wildman–Crippen MR) is 86.4 cm³/mol. The van der Waals surface area contributed by atoms with Crippen molar-refractivity contribution < 1.29 is 14.4 Å². The van der Waals surface area contributed by atoms with Crippen LogP contribution in [-0.2, 0) is 14.4 Å². The lowest BCUT2D eigenvalue weighted by Gasteiger charge is -2.37. The Hall–Kier alpha value is -1.65. The number of nitrogens with zero attached hydrogens (tertiary/aromatic N) is 2. The Bertz CT molecular complexity index is 615. The van der Waals surface area contributed by atoms with Crippen LogP contribution in [0, 0.1) is 35.5 Å². The third-order valence-corrected chi connectivity index (χ3v) is 7.11. The maximum absolute atomic E-state index is 13.0. The number of carbonyl (C=O) groups excluding carboxylic acids is 3. The van der Waals surface area contributed by atoms with Gasteiger partial charge in [-0.3, -0.25) is 19.3 Å². The molecule has 24 heavy (non-hydrogen) atoms. The van der Waals surface area contributed by atoms with Gasteiger partial charge < -0.3 is 4.90 Å². The normalized spacial score (nSPS) is 43.7. The van der Waals surface area contributed by atoms with Gasteiger partial charge >= 0.3 is 0 Å². The van der Waals surface area contributed by atoms with E-state index in [1.807, 2.05) is 4.90 Å². The van der Waals surface area contributed by atoms with E-state index in [2.05, 4.69) is 12.2 Å². The highest BCUT2D eigenvalue weighted by molar-refractivity contribution is 6.09. The van der Waals surface area contributed by atoms with Crippen molar-refractivity contribution in [3.63, 3.8) is 0 Å². The van der Waals surface area contributed by atoms with Crippen LogP contribution in [0.25, 0.3) is 0 Å². The second-order valence-electron chi connectivity index (χ2n) is 8.26. The molecular formula is C19H24N2O3. The highest BCUT2D eigenvalue weighted by Crippen LogP contribution is 2.65. The molecule has 0 radical (unpaired) electrons. The van der Waals surface area contributed by atoms with E-state index in [1.165, 1.54) is 4.90 Å². The largest absolute Gasteiger partial charge is 0.341 e. The molecule has 4 aliphatic carbocycles. The van der Waals surface area contributed by atoms with E-state index in [9.17, 15) is 14.4 Å². The lowest BCUT2D eigenvalue weighted by Crippen LogP contribution is -2.51. The minimum atomic E-state index is -0.649. The number of amides is 3. The van der Waals surface area contributed by atoms with Crippen molar-refractivity contribution in [3.8, 4) is 0 Å². The first-order valence-electron chi connectivity index (χ1n) is 9.43. The number of hydrogen-bond acceptors (Lipinski definition) is 3. The van der Waals surface area contributed by atoms with Crippen molar-refractivity contribution in [3.05, 3.63) is 12.2 Å². The molecule has 6 aliphatic rings. The quantitative estimate of drug-likeness (QED) is 0.569.